The van der Waals surface area contributed by atoms with Crippen molar-refractivity contribution in [3.8, 4) is 11.3 Å². The molecule has 1 aromatic carbocycles. The fourth-order valence-corrected chi connectivity index (χ4v) is 3.55. The lowest BCUT2D eigenvalue weighted by molar-refractivity contribution is -0.140. The molecule has 4 heteroatoms. The molecule has 0 N–H and O–H groups in total. The summed E-state index contributed by atoms with van der Waals surface area (Å²) in [5.41, 5.74) is 3.79. The minimum Gasteiger partial charge on any atom is -0.469 e. The average Bonchev–Trinajstić information content (AvgIpc) is 2.95. The number of methoxy groups -OCH3 is 1. The van der Waals surface area contributed by atoms with Gasteiger partial charge in [0.25, 0.3) is 0 Å². The van der Waals surface area contributed by atoms with Gasteiger partial charge in [0.05, 0.1) is 17.8 Å². The Bertz CT molecular complexity index is 618. The van der Waals surface area contributed by atoms with E-state index in [9.17, 15) is 4.79 Å². The van der Waals surface area contributed by atoms with Crippen molar-refractivity contribution < 1.29 is 9.53 Å². The molecule has 0 amide bonds. The number of fused-ring (bicyclic) bond motifs is 3. The Hall–Kier alpha value is -1.68. The number of carbonyl (C=O) groups is 1. The molecule has 19 heavy (non-hydrogen) atoms. The number of hydrogen-bond donors (Lipinski definition) is 0. The lowest BCUT2D eigenvalue weighted by atomic mass is 10.1. The average molecular weight is 273 g/mol. The Kier molecular flexibility index (Phi) is 3.34. The summed E-state index contributed by atoms with van der Waals surface area (Å²) >= 11 is 1.77. The van der Waals surface area contributed by atoms with Crippen molar-refractivity contribution in [3.05, 3.63) is 39.7 Å². The van der Waals surface area contributed by atoms with Gasteiger partial charge in [0.1, 0.15) is 0 Å². The number of carbonyl (C=O) groups excluding carboxylic acids is 1. The zero-order valence-electron chi connectivity index (χ0n) is 10.8. The molecule has 2 aromatic rings. The monoisotopic (exact) mass is 273 g/mol. The van der Waals surface area contributed by atoms with E-state index in [1.54, 1.807) is 11.3 Å². The molecule has 0 bridgehead atoms. The molecule has 3 nitrogen and oxygen atoms in total. The molecule has 0 radical (unpaired) electrons. The van der Waals surface area contributed by atoms with E-state index in [2.05, 4.69) is 29.0 Å². The third kappa shape index (κ3) is 2.40. The zero-order chi connectivity index (χ0) is 13.2. The zero-order valence-corrected chi connectivity index (χ0v) is 11.6. The van der Waals surface area contributed by atoms with Crippen LogP contribution >= 0.6 is 11.3 Å². The summed E-state index contributed by atoms with van der Waals surface area (Å²) in [4.78, 5) is 17.1. The highest BCUT2D eigenvalue weighted by Gasteiger charge is 2.22. The highest BCUT2D eigenvalue weighted by atomic mass is 32.1. The van der Waals surface area contributed by atoms with Crippen molar-refractivity contribution in [1.82, 2.24) is 4.98 Å². The Morgan fingerprint density at radius 1 is 1.42 bits per heavy atom. The van der Waals surface area contributed by atoms with E-state index in [0.717, 1.165) is 30.0 Å². The van der Waals surface area contributed by atoms with Crippen LogP contribution in [0.25, 0.3) is 11.3 Å². The minimum absolute atomic E-state index is 0.144. The van der Waals surface area contributed by atoms with Crippen LogP contribution in [-0.2, 0) is 22.4 Å². The molecule has 0 atom stereocenters. The van der Waals surface area contributed by atoms with E-state index >= 15 is 0 Å². The molecule has 1 aromatic heterocycles. The third-order valence-corrected chi connectivity index (χ3v) is 4.48. The van der Waals surface area contributed by atoms with Crippen LogP contribution in [-0.4, -0.2) is 18.1 Å². The molecule has 0 fully saturated rings. The van der Waals surface area contributed by atoms with Gasteiger partial charge in [0.15, 0.2) is 0 Å². The van der Waals surface area contributed by atoms with Gasteiger partial charge >= 0.3 is 5.97 Å². The molecule has 0 unspecified atom stereocenters. The number of benzene rings is 1. The van der Waals surface area contributed by atoms with Gasteiger partial charge in [0.2, 0.25) is 0 Å². The Morgan fingerprint density at radius 3 is 3.11 bits per heavy atom. The van der Waals surface area contributed by atoms with Crippen LogP contribution in [0.5, 0.6) is 0 Å². The van der Waals surface area contributed by atoms with Crippen LogP contribution in [0.1, 0.15) is 28.3 Å². The second kappa shape index (κ2) is 5.13. The van der Waals surface area contributed by atoms with Crippen LogP contribution < -0.4 is 0 Å². The molecule has 3 rings (SSSR count). The van der Waals surface area contributed by atoms with Crippen LogP contribution in [0, 0.1) is 0 Å². The van der Waals surface area contributed by atoms with E-state index in [0.29, 0.717) is 6.42 Å². The van der Waals surface area contributed by atoms with E-state index in [4.69, 9.17) is 4.98 Å². The first kappa shape index (κ1) is 12.4. The quantitative estimate of drug-likeness (QED) is 0.685. The summed E-state index contributed by atoms with van der Waals surface area (Å²) in [7, 11) is 1.43. The van der Waals surface area contributed by atoms with Crippen molar-refractivity contribution in [2.24, 2.45) is 0 Å². The largest absolute Gasteiger partial charge is 0.469 e. The molecular weight excluding hydrogens is 258 g/mol. The lowest BCUT2D eigenvalue weighted by Gasteiger charge is -1.99. The van der Waals surface area contributed by atoms with Crippen LogP contribution in [0.2, 0.25) is 0 Å². The molecule has 0 saturated heterocycles. The highest BCUT2D eigenvalue weighted by Crippen LogP contribution is 2.39. The van der Waals surface area contributed by atoms with Gasteiger partial charge in [-0.1, -0.05) is 24.3 Å². The van der Waals surface area contributed by atoms with Gasteiger partial charge in [-0.3, -0.25) is 4.79 Å². The highest BCUT2D eigenvalue weighted by molar-refractivity contribution is 7.12. The summed E-state index contributed by atoms with van der Waals surface area (Å²) < 4.78 is 4.64. The maximum atomic E-state index is 11.1. The number of hydrogen-bond acceptors (Lipinski definition) is 4. The number of esters is 1. The number of aromatic nitrogens is 1. The van der Waals surface area contributed by atoms with Gasteiger partial charge < -0.3 is 4.74 Å². The predicted molar refractivity (Wildman–Crippen MR) is 75.3 cm³/mol. The van der Waals surface area contributed by atoms with Gasteiger partial charge in [0, 0.05) is 23.3 Å². The fraction of sp³-hybridized carbons (Fsp3) is 0.333. The Morgan fingerprint density at radius 2 is 2.26 bits per heavy atom. The maximum Gasteiger partial charge on any atom is 0.305 e. The predicted octanol–water partition coefficient (Wildman–Crippen LogP) is 3.21. The van der Waals surface area contributed by atoms with Gasteiger partial charge in [-0.05, 0) is 18.4 Å². The fourth-order valence-electron chi connectivity index (χ4n) is 2.40. The van der Waals surface area contributed by atoms with E-state index in [1.165, 1.54) is 23.1 Å². The molecule has 0 aliphatic heterocycles. The van der Waals surface area contributed by atoms with Crippen molar-refractivity contribution in [2.45, 2.75) is 25.7 Å². The second-order valence-electron chi connectivity index (χ2n) is 4.64. The second-order valence-corrected chi connectivity index (χ2v) is 5.81. The van der Waals surface area contributed by atoms with Crippen LogP contribution in [0.4, 0.5) is 0 Å². The first-order chi connectivity index (χ1) is 9.28. The molecule has 1 aliphatic carbocycles. The SMILES string of the molecule is COC(=O)CCCc1nc2c(s1)Cc1ccccc1-2. The number of thiazole rings is 1. The van der Waals surface area contributed by atoms with E-state index in [1.807, 2.05) is 0 Å². The molecular formula is C15H15NO2S. The van der Waals surface area contributed by atoms with Gasteiger partial charge in [-0.2, -0.15) is 0 Å². The Labute approximate surface area is 116 Å². The number of ether oxygens (including phenoxy) is 1. The molecule has 98 valence electrons. The first-order valence-corrected chi connectivity index (χ1v) is 7.23. The van der Waals surface area contributed by atoms with Gasteiger partial charge in [-0.15, -0.1) is 11.3 Å². The summed E-state index contributed by atoms with van der Waals surface area (Å²) in [6.07, 6.45) is 3.13. The van der Waals surface area contributed by atoms with Crippen molar-refractivity contribution >= 4 is 17.3 Å². The topological polar surface area (TPSA) is 39.2 Å². The third-order valence-electron chi connectivity index (χ3n) is 3.36. The smallest absolute Gasteiger partial charge is 0.305 e. The summed E-state index contributed by atoms with van der Waals surface area (Å²) in [6, 6.07) is 8.44. The van der Waals surface area contributed by atoms with Gasteiger partial charge in [-0.25, -0.2) is 4.98 Å². The van der Waals surface area contributed by atoms with Crippen molar-refractivity contribution in [3.63, 3.8) is 0 Å². The maximum absolute atomic E-state index is 11.1. The van der Waals surface area contributed by atoms with E-state index < -0.39 is 0 Å². The summed E-state index contributed by atoms with van der Waals surface area (Å²) in [6.45, 7) is 0. The first-order valence-electron chi connectivity index (χ1n) is 6.41. The Balaban J connectivity index is 1.71. The summed E-state index contributed by atoms with van der Waals surface area (Å²) in [5.74, 6) is -0.144. The van der Waals surface area contributed by atoms with Crippen LogP contribution in [0.15, 0.2) is 24.3 Å². The van der Waals surface area contributed by atoms with E-state index in [-0.39, 0.29) is 5.97 Å². The molecule has 1 heterocycles. The molecule has 0 saturated carbocycles. The normalized spacial score (nSPS) is 12.1. The minimum atomic E-state index is -0.144. The number of aryl methyl sites for hydroxylation is 1. The lowest BCUT2D eigenvalue weighted by Crippen LogP contribution is -2.00. The summed E-state index contributed by atoms with van der Waals surface area (Å²) in [5, 5.41) is 1.13. The standard InChI is InChI=1S/C15H15NO2S/c1-18-14(17)8-4-7-13-16-15-11-6-3-2-5-10(11)9-12(15)19-13/h2-3,5-6H,4,7-9H2,1H3. The molecule has 1 aliphatic rings. The number of rotatable bonds is 4. The van der Waals surface area contributed by atoms with Crippen molar-refractivity contribution in [2.75, 3.05) is 7.11 Å². The van der Waals surface area contributed by atoms with Crippen LogP contribution in [0.3, 0.4) is 0 Å². The number of nitrogens with zero attached hydrogens (tertiary/aromatic N) is 1. The molecule has 0 spiro atoms. The van der Waals surface area contributed by atoms with Crippen molar-refractivity contribution in [1.29, 1.82) is 0 Å².